The first-order chi connectivity index (χ1) is 9.78. The first-order valence-electron chi connectivity index (χ1n) is 6.97. The number of amides is 1. The normalized spacial score (nSPS) is 14.2. The number of carbonyl (C=O) groups is 1. The van der Waals surface area contributed by atoms with Gasteiger partial charge in [-0.25, -0.2) is 0 Å². The Balaban J connectivity index is 1.74. The Morgan fingerprint density at radius 3 is 3.05 bits per heavy atom. The quantitative estimate of drug-likeness (QED) is 0.907. The summed E-state index contributed by atoms with van der Waals surface area (Å²) in [5, 5.41) is 4.09. The minimum atomic E-state index is 0.195. The van der Waals surface area contributed by atoms with Crippen LogP contribution in [0.1, 0.15) is 18.4 Å². The van der Waals surface area contributed by atoms with E-state index in [4.69, 9.17) is 4.74 Å². The number of carbonyl (C=O) groups excluding carboxylic acids is 1. The summed E-state index contributed by atoms with van der Waals surface area (Å²) in [5.74, 6) is 1.22. The number of aromatic nitrogens is 1. The fraction of sp³-hybridized carbons (Fsp3) is 0.375. The lowest BCUT2D eigenvalue weighted by Gasteiger charge is -2.08. The summed E-state index contributed by atoms with van der Waals surface area (Å²) < 4.78 is 5.23. The second-order valence-electron chi connectivity index (χ2n) is 5.17. The van der Waals surface area contributed by atoms with Crippen LogP contribution in [0.3, 0.4) is 0 Å². The number of methoxy groups -OCH3 is 1. The van der Waals surface area contributed by atoms with Crippen LogP contribution in [-0.2, 0) is 11.2 Å². The minimum absolute atomic E-state index is 0.195. The third-order valence-electron chi connectivity index (χ3n) is 3.67. The molecule has 0 bridgehead atoms. The summed E-state index contributed by atoms with van der Waals surface area (Å²) in [6, 6.07) is 8.06. The van der Waals surface area contributed by atoms with E-state index in [1.165, 1.54) is 5.56 Å². The predicted molar refractivity (Wildman–Crippen MR) is 77.7 cm³/mol. The van der Waals surface area contributed by atoms with Crippen molar-refractivity contribution >= 4 is 16.8 Å². The molecule has 1 aromatic heterocycles. The molecule has 1 N–H and O–H groups in total. The maximum Gasteiger partial charge on any atom is 0.223 e. The molecular weight excluding hydrogens is 252 g/mol. The van der Waals surface area contributed by atoms with E-state index in [2.05, 4.69) is 16.4 Å². The molecule has 0 spiro atoms. The first kappa shape index (κ1) is 12.9. The molecule has 0 atom stereocenters. The maximum absolute atomic E-state index is 11.6. The van der Waals surface area contributed by atoms with Gasteiger partial charge >= 0.3 is 0 Å². The second kappa shape index (κ2) is 5.49. The predicted octanol–water partition coefficient (Wildman–Crippen LogP) is 2.31. The van der Waals surface area contributed by atoms with Gasteiger partial charge < -0.3 is 10.1 Å². The number of pyridine rings is 1. The number of nitrogens with one attached hydrogen (secondary N) is 1. The van der Waals surface area contributed by atoms with Gasteiger partial charge in [0.15, 0.2) is 0 Å². The molecular formula is C16H18N2O2. The highest BCUT2D eigenvalue weighted by Crippen LogP contribution is 2.28. The van der Waals surface area contributed by atoms with Crippen LogP contribution < -0.4 is 10.1 Å². The van der Waals surface area contributed by atoms with Gasteiger partial charge in [-0.3, -0.25) is 9.78 Å². The SMILES string of the molecule is COc1cnc2cccc(CCNC(=O)C3CC3)c2c1. The van der Waals surface area contributed by atoms with Gasteiger partial charge in [-0.2, -0.15) is 0 Å². The second-order valence-corrected chi connectivity index (χ2v) is 5.17. The van der Waals surface area contributed by atoms with Gasteiger partial charge in [0.1, 0.15) is 5.75 Å². The van der Waals surface area contributed by atoms with E-state index in [1.54, 1.807) is 13.3 Å². The Kier molecular flexibility index (Phi) is 3.54. The standard InChI is InChI=1S/C16H18N2O2/c1-20-13-9-14-11(3-2-4-15(14)18-10-13)7-8-17-16(19)12-5-6-12/h2-4,9-10,12H,5-8H2,1H3,(H,17,19). The zero-order valence-electron chi connectivity index (χ0n) is 11.6. The van der Waals surface area contributed by atoms with Crippen LogP contribution in [0, 0.1) is 5.92 Å². The monoisotopic (exact) mass is 270 g/mol. The highest BCUT2D eigenvalue weighted by molar-refractivity contribution is 5.83. The summed E-state index contributed by atoms with van der Waals surface area (Å²) in [7, 11) is 1.64. The van der Waals surface area contributed by atoms with Crippen molar-refractivity contribution in [3.05, 3.63) is 36.0 Å². The van der Waals surface area contributed by atoms with E-state index in [-0.39, 0.29) is 11.8 Å². The highest BCUT2D eigenvalue weighted by Gasteiger charge is 2.28. The van der Waals surface area contributed by atoms with Crippen molar-refractivity contribution in [1.82, 2.24) is 10.3 Å². The van der Waals surface area contributed by atoms with E-state index in [0.717, 1.165) is 35.9 Å². The molecule has 1 aromatic carbocycles. The molecule has 0 saturated heterocycles. The van der Waals surface area contributed by atoms with Gasteiger partial charge in [0.25, 0.3) is 0 Å². The van der Waals surface area contributed by atoms with E-state index in [0.29, 0.717) is 6.54 Å². The van der Waals surface area contributed by atoms with Crippen molar-refractivity contribution < 1.29 is 9.53 Å². The molecule has 1 fully saturated rings. The van der Waals surface area contributed by atoms with E-state index in [9.17, 15) is 4.79 Å². The average Bonchev–Trinajstić information content (AvgIpc) is 3.31. The number of rotatable bonds is 5. The van der Waals surface area contributed by atoms with Crippen LogP contribution in [0.15, 0.2) is 30.5 Å². The van der Waals surface area contributed by atoms with Gasteiger partial charge in [0.05, 0.1) is 18.8 Å². The maximum atomic E-state index is 11.6. The van der Waals surface area contributed by atoms with Crippen LogP contribution >= 0.6 is 0 Å². The van der Waals surface area contributed by atoms with Crippen molar-refractivity contribution in [2.45, 2.75) is 19.3 Å². The van der Waals surface area contributed by atoms with Gasteiger partial charge in [-0.05, 0) is 37.0 Å². The molecule has 4 nitrogen and oxygen atoms in total. The van der Waals surface area contributed by atoms with Crippen molar-refractivity contribution in [1.29, 1.82) is 0 Å². The van der Waals surface area contributed by atoms with Gasteiger partial charge in [-0.15, -0.1) is 0 Å². The van der Waals surface area contributed by atoms with Crippen molar-refractivity contribution in [2.24, 2.45) is 5.92 Å². The van der Waals surface area contributed by atoms with Gasteiger partial charge in [-0.1, -0.05) is 12.1 Å². The molecule has 0 aliphatic heterocycles. The molecule has 2 aromatic rings. The molecule has 20 heavy (non-hydrogen) atoms. The summed E-state index contributed by atoms with van der Waals surface area (Å²) in [4.78, 5) is 16.0. The number of nitrogens with zero attached hydrogens (tertiary/aromatic N) is 1. The minimum Gasteiger partial charge on any atom is -0.495 e. The number of benzene rings is 1. The fourth-order valence-corrected chi connectivity index (χ4v) is 2.33. The van der Waals surface area contributed by atoms with E-state index < -0.39 is 0 Å². The third kappa shape index (κ3) is 2.74. The number of hydrogen-bond donors (Lipinski definition) is 1. The van der Waals surface area contributed by atoms with Crippen molar-refractivity contribution in [2.75, 3.05) is 13.7 Å². The highest BCUT2D eigenvalue weighted by atomic mass is 16.5. The van der Waals surface area contributed by atoms with Gasteiger partial charge in [0.2, 0.25) is 5.91 Å². The lowest BCUT2D eigenvalue weighted by molar-refractivity contribution is -0.122. The van der Waals surface area contributed by atoms with Gasteiger partial charge in [0, 0.05) is 17.8 Å². The lowest BCUT2D eigenvalue weighted by Crippen LogP contribution is -2.26. The zero-order chi connectivity index (χ0) is 13.9. The Bertz CT molecular complexity index is 635. The molecule has 1 aliphatic rings. The van der Waals surface area contributed by atoms with Crippen molar-refractivity contribution in [3.8, 4) is 5.75 Å². The van der Waals surface area contributed by atoms with Crippen LogP contribution in [0.2, 0.25) is 0 Å². The Morgan fingerprint density at radius 1 is 1.45 bits per heavy atom. The molecule has 104 valence electrons. The molecule has 0 radical (unpaired) electrons. The molecule has 1 aliphatic carbocycles. The van der Waals surface area contributed by atoms with Crippen LogP contribution in [0.5, 0.6) is 5.75 Å². The number of ether oxygens (including phenoxy) is 1. The van der Waals surface area contributed by atoms with Crippen LogP contribution in [-0.4, -0.2) is 24.5 Å². The van der Waals surface area contributed by atoms with E-state index in [1.807, 2.05) is 18.2 Å². The topological polar surface area (TPSA) is 51.2 Å². The largest absolute Gasteiger partial charge is 0.495 e. The Morgan fingerprint density at radius 2 is 2.30 bits per heavy atom. The third-order valence-corrected chi connectivity index (χ3v) is 3.67. The number of hydrogen-bond acceptors (Lipinski definition) is 3. The smallest absolute Gasteiger partial charge is 0.223 e. The molecule has 4 heteroatoms. The zero-order valence-corrected chi connectivity index (χ0v) is 11.6. The van der Waals surface area contributed by atoms with Crippen LogP contribution in [0.25, 0.3) is 10.9 Å². The van der Waals surface area contributed by atoms with Crippen molar-refractivity contribution in [3.63, 3.8) is 0 Å². The Hall–Kier alpha value is -2.10. The molecule has 1 amide bonds. The summed E-state index contributed by atoms with van der Waals surface area (Å²) in [5.41, 5.74) is 2.14. The summed E-state index contributed by atoms with van der Waals surface area (Å²) in [6.45, 7) is 0.672. The van der Waals surface area contributed by atoms with E-state index >= 15 is 0 Å². The number of fused-ring (bicyclic) bond motifs is 1. The molecule has 1 saturated carbocycles. The molecule has 3 rings (SSSR count). The van der Waals surface area contributed by atoms with Crippen LogP contribution in [0.4, 0.5) is 0 Å². The summed E-state index contributed by atoms with van der Waals surface area (Å²) in [6.07, 6.45) is 4.62. The lowest BCUT2D eigenvalue weighted by atomic mass is 10.1. The summed E-state index contributed by atoms with van der Waals surface area (Å²) >= 11 is 0. The Labute approximate surface area is 118 Å². The first-order valence-corrected chi connectivity index (χ1v) is 6.97. The molecule has 0 unspecified atom stereocenters. The fourth-order valence-electron chi connectivity index (χ4n) is 2.33. The molecule has 1 heterocycles. The average molecular weight is 270 g/mol.